The standard InChI is InChI=1S/C25H33FN4O4S/c1-19(25(32)27-22-11-7-8-12-22)29(17-20-9-5-4-6-10-20)24(31)18-30(35(33,34)28(2)3)23-15-13-21(26)14-16-23/h4-6,9-10,13-16,19,22H,7-8,11-12,17-18H2,1-3H3,(H,27,32). The second-order valence-electron chi connectivity index (χ2n) is 8.95. The molecule has 3 rings (SSSR count). The number of nitrogens with zero attached hydrogens (tertiary/aromatic N) is 3. The second-order valence-corrected chi connectivity index (χ2v) is 11.0. The summed E-state index contributed by atoms with van der Waals surface area (Å²) in [4.78, 5) is 28.0. The fraction of sp³-hybridized carbons (Fsp3) is 0.440. The Morgan fingerprint density at radius 1 is 1.03 bits per heavy atom. The molecule has 0 aliphatic heterocycles. The normalized spacial score (nSPS) is 15.1. The van der Waals surface area contributed by atoms with Gasteiger partial charge in [-0.15, -0.1) is 0 Å². The molecule has 1 unspecified atom stereocenters. The minimum Gasteiger partial charge on any atom is -0.352 e. The van der Waals surface area contributed by atoms with Gasteiger partial charge in [-0.3, -0.25) is 9.59 Å². The summed E-state index contributed by atoms with van der Waals surface area (Å²) in [6.07, 6.45) is 3.93. The number of halogens is 1. The van der Waals surface area contributed by atoms with E-state index in [0.717, 1.165) is 52.0 Å². The quantitative estimate of drug-likeness (QED) is 0.539. The summed E-state index contributed by atoms with van der Waals surface area (Å²) in [7, 11) is -1.36. The number of hydrogen-bond donors (Lipinski definition) is 1. The summed E-state index contributed by atoms with van der Waals surface area (Å²) in [5.41, 5.74) is 0.960. The Bertz CT molecular complexity index is 1100. The van der Waals surface area contributed by atoms with Crippen LogP contribution in [0.2, 0.25) is 0 Å². The maximum absolute atomic E-state index is 13.6. The van der Waals surface area contributed by atoms with Crippen LogP contribution < -0.4 is 9.62 Å². The predicted molar refractivity (Wildman–Crippen MR) is 133 cm³/mol. The first-order chi connectivity index (χ1) is 16.6. The third-order valence-electron chi connectivity index (χ3n) is 6.20. The van der Waals surface area contributed by atoms with Gasteiger partial charge >= 0.3 is 10.2 Å². The number of rotatable bonds is 10. The van der Waals surface area contributed by atoms with Crippen molar-refractivity contribution in [2.75, 3.05) is 24.9 Å². The second kappa shape index (κ2) is 11.6. The van der Waals surface area contributed by atoms with E-state index in [1.54, 1.807) is 6.92 Å². The Hall–Kier alpha value is -2.98. The lowest BCUT2D eigenvalue weighted by molar-refractivity contribution is -0.139. The van der Waals surface area contributed by atoms with E-state index in [-0.39, 0.29) is 24.2 Å². The molecule has 10 heteroatoms. The summed E-state index contributed by atoms with van der Waals surface area (Å²) in [5, 5.41) is 3.02. The number of benzene rings is 2. The Morgan fingerprint density at radius 2 is 1.63 bits per heavy atom. The molecule has 190 valence electrons. The van der Waals surface area contributed by atoms with Crippen LogP contribution in [-0.2, 0) is 26.3 Å². The number of carbonyl (C=O) groups excluding carboxylic acids is 2. The van der Waals surface area contributed by atoms with Gasteiger partial charge in [-0.1, -0.05) is 43.2 Å². The van der Waals surface area contributed by atoms with Gasteiger partial charge < -0.3 is 10.2 Å². The fourth-order valence-corrected chi connectivity index (χ4v) is 5.13. The zero-order chi connectivity index (χ0) is 25.6. The number of anilines is 1. The summed E-state index contributed by atoms with van der Waals surface area (Å²) in [5.74, 6) is -1.34. The van der Waals surface area contributed by atoms with Gasteiger partial charge in [0.05, 0.1) is 5.69 Å². The van der Waals surface area contributed by atoms with Crippen molar-refractivity contribution < 1.29 is 22.4 Å². The number of hydrogen-bond acceptors (Lipinski definition) is 4. The van der Waals surface area contributed by atoms with Crippen molar-refractivity contribution >= 4 is 27.7 Å². The van der Waals surface area contributed by atoms with E-state index < -0.39 is 34.5 Å². The van der Waals surface area contributed by atoms with Crippen molar-refractivity contribution in [3.63, 3.8) is 0 Å². The topological polar surface area (TPSA) is 90.0 Å². The van der Waals surface area contributed by atoms with Gasteiger partial charge in [-0.05, 0) is 49.6 Å². The number of amides is 2. The highest BCUT2D eigenvalue weighted by molar-refractivity contribution is 7.90. The Morgan fingerprint density at radius 3 is 2.20 bits per heavy atom. The Kier molecular flexibility index (Phi) is 8.85. The van der Waals surface area contributed by atoms with Gasteiger partial charge in [0.15, 0.2) is 0 Å². The van der Waals surface area contributed by atoms with Crippen LogP contribution in [0.5, 0.6) is 0 Å². The molecule has 0 spiro atoms. The molecule has 1 aliphatic rings. The molecule has 1 N–H and O–H groups in total. The van der Waals surface area contributed by atoms with Crippen LogP contribution in [0, 0.1) is 5.82 Å². The first kappa shape index (κ1) is 26.6. The van der Waals surface area contributed by atoms with E-state index in [2.05, 4.69) is 5.32 Å². The summed E-state index contributed by atoms with van der Waals surface area (Å²) < 4.78 is 41.6. The zero-order valence-corrected chi connectivity index (χ0v) is 21.2. The molecular formula is C25H33FN4O4S. The van der Waals surface area contributed by atoms with Gasteiger partial charge in [0.2, 0.25) is 11.8 Å². The molecule has 0 aromatic heterocycles. The third-order valence-corrected chi connectivity index (χ3v) is 8.02. The minimum absolute atomic E-state index is 0.0865. The molecular weight excluding hydrogens is 471 g/mol. The van der Waals surface area contributed by atoms with Crippen molar-refractivity contribution in [2.45, 2.75) is 51.2 Å². The molecule has 35 heavy (non-hydrogen) atoms. The summed E-state index contributed by atoms with van der Waals surface area (Å²) in [6.45, 7) is 1.24. The number of nitrogens with one attached hydrogen (secondary N) is 1. The van der Waals surface area contributed by atoms with Crippen LogP contribution in [0.1, 0.15) is 38.2 Å². The third kappa shape index (κ3) is 6.79. The van der Waals surface area contributed by atoms with Crippen molar-refractivity contribution in [3.8, 4) is 0 Å². The van der Waals surface area contributed by atoms with Crippen molar-refractivity contribution in [2.24, 2.45) is 0 Å². The predicted octanol–water partition coefficient (Wildman–Crippen LogP) is 2.91. The average molecular weight is 505 g/mol. The van der Waals surface area contributed by atoms with E-state index in [9.17, 15) is 22.4 Å². The smallest absolute Gasteiger partial charge is 0.304 e. The molecule has 2 aromatic carbocycles. The van der Waals surface area contributed by atoms with E-state index >= 15 is 0 Å². The lowest BCUT2D eigenvalue weighted by Crippen LogP contribution is -2.53. The van der Waals surface area contributed by atoms with Gasteiger partial charge in [0.25, 0.3) is 0 Å². The molecule has 1 saturated carbocycles. The van der Waals surface area contributed by atoms with Crippen LogP contribution in [0.4, 0.5) is 10.1 Å². The van der Waals surface area contributed by atoms with Crippen LogP contribution in [0.15, 0.2) is 54.6 Å². The van der Waals surface area contributed by atoms with E-state index in [1.165, 1.54) is 31.1 Å². The van der Waals surface area contributed by atoms with Gasteiger partial charge in [-0.2, -0.15) is 12.7 Å². The monoisotopic (exact) mass is 504 g/mol. The van der Waals surface area contributed by atoms with Crippen LogP contribution in [-0.4, -0.2) is 62.2 Å². The van der Waals surface area contributed by atoms with Crippen molar-refractivity contribution in [1.29, 1.82) is 0 Å². The highest BCUT2D eigenvalue weighted by atomic mass is 32.2. The van der Waals surface area contributed by atoms with Crippen molar-refractivity contribution in [3.05, 3.63) is 66.0 Å². The Balaban J connectivity index is 1.90. The highest BCUT2D eigenvalue weighted by Crippen LogP contribution is 2.22. The summed E-state index contributed by atoms with van der Waals surface area (Å²) >= 11 is 0. The van der Waals surface area contributed by atoms with Crippen LogP contribution in [0.3, 0.4) is 0 Å². The lowest BCUT2D eigenvalue weighted by Gasteiger charge is -2.33. The molecule has 0 radical (unpaired) electrons. The molecule has 1 atom stereocenters. The lowest BCUT2D eigenvalue weighted by atomic mass is 10.1. The average Bonchev–Trinajstić information content (AvgIpc) is 3.34. The molecule has 0 saturated heterocycles. The maximum Gasteiger partial charge on any atom is 0.304 e. The molecule has 1 aliphatic carbocycles. The molecule has 2 aromatic rings. The molecule has 0 bridgehead atoms. The molecule has 8 nitrogen and oxygen atoms in total. The molecule has 0 heterocycles. The first-order valence-electron chi connectivity index (χ1n) is 11.7. The SMILES string of the molecule is CC(C(=O)NC1CCCC1)N(Cc1ccccc1)C(=O)CN(c1ccc(F)cc1)S(=O)(=O)N(C)C. The maximum atomic E-state index is 13.6. The largest absolute Gasteiger partial charge is 0.352 e. The van der Waals surface area contributed by atoms with Gasteiger partial charge in [0.1, 0.15) is 18.4 Å². The highest BCUT2D eigenvalue weighted by Gasteiger charge is 2.33. The van der Waals surface area contributed by atoms with Gasteiger partial charge in [0, 0.05) is 26.7 Å². The van der Waals surface area contributed by atoms with Crippen molar-refractivity contribution in [1.82, 2.24) is 14.5 Å². The molecule has 1 fully saturated rings. The zero-order valence-electron chi connectivity index (χ0n) is 20.4. The first-order valence-corrected chi connectivity index (χ1v) is 13.1. The summed E-state index contributed by atoms with van der Waals surface area (Å²) in [6, 6.07) is 13.4. The Labute approximate surface area is 206 Å². The van der Waals surface area contributed by atoms with E-state index in [0.29, 0.717) is 0 Å². The van der Waals surface area contributed by atoms with E-state index in [1.807, 2.05) is 30.3 Å². The van der Waals surface area contributed by atoms with E-state index in [4.69, 9.17) is 0 Å². The van der Waals surface area contributed by atoms with Crippen LogP contribution in [0.25, 0.3) is 0 Å². The molecule has 2 amide bonds. The van der Waals surface area contributed by atoms with Crippen LogP contribution >= 0.6 is 0 Å². The minimum atomic E-state index is -4.07. The number of carbonyl (C=O) groups is 2. The van der Waals surface area contributed by atoms with Gasteiger partial charge in [-0.25, -0.2) is 8.70 Å². The fourth-order valence-electron chi connectivity index (χ4n) is 4.08.